The third kappa shape index (κ3) is 5.57. The molecule has 1 fully saturated rings. The minimum Gasteiger partial charge on any atom is -0.489 e. The van der Waals surface area contributed by atoms with E-state index < -0.39 is 0 Å². The highest BCUT2D eigenvalue weighted by molar-refractivity contribution is 5.94. The number of ether oxygens (including phenoxy) is 1. The minimum atomic E-state index is 0.106. The van der Waals surface area contributed by atoms with E-state index in [9.17, 15) is 4.79 Å². The van der Waals surface area contributed by atoms with E-state index in [4.69, 9.17) is 4.74 Å². The summed E-state index contributed by atoms with van der Waals surface area (Å²) in [7, 11) is 0. The quantitative estimate of drug-likeness (QED) is 0.525. The maximum atomic E-state index is 13.1. The monoisotopic (exact) mass is 428 g/mol. The Labute approximate surface area is 191 Å². The van der Waals surface area contributed by atoms with Gasteiger partial charge in [0.15, 0.2) is 0 Å². The maximum Gasteiger partial charge on any atom is 0.253 e. The molecule has 0 aromatic heterocycles. The van der Waals surface area contributed by atoms with E-state index in [1.165, 1.54) is 16.7 Å². The van der Waals surface area contributed by atoms with Crippen LogP contribution in [-0.2, 0) is 19.6 Å². The molecular formula is C28H32N2O2. The molecule has 166 valence electrons. The number of benzene rings is 3. The summed E-state index contributed by atoms with van der Waals surface area (Å²) in [5.41, 5.74) is 5.73. The molecule has 1 heterocycles. The molecule has 1 saturated heterocycles. The number of hydrogen-bond donors (Lipinski definition) is 0. The summed E-state index contributed by atoms with van der Waals surface area (Å²) in [6.07, 6.45) is 1.02. The van der Waals surface area contributed by atoms with Crippen LogP contribution in [0.3, 0.4) is 0 Å². The lowest BCUT2D eigenvalue weighted by Crippen LogP contribution is -2.48. The number of carbonyl (C=O) groups excluding carboxylic acids is 1. The van der Waals surface area contributed by atoms with Crippen molar-refractivity contribution >= 4 is 5.91 Å². The second-order valence-corrected chi connectivity index (χ2v) is 8.48. The lowest BCUT2D eigenvalue weighted by Gasteiger charge is -2.35. The first-order valence-electron chi connectivity index (χ1n) is 11.5. The molecule has 4 nitrogen and oxygen atoms in total. The smallest absolute Gasteiger partial charge is 0.253 e. The number of carbonyl (C=O) groups is 1. The summed E-state index contributed by atoms with van der Waals surface area (Å²) >= 11 is 0. The predicted molar refractivity (Wildman–Crippen MR) is 129 cm³/mol. The van der Waals surface area contributed by atoms with E-state index in [2.05, 4.69) is 55.1 Å². The lowest BCUT2D eigenvalue weighted by atomic mass is 10.1. The van der Waals surface area contributed by atoms with Crippen molar-refractivity contribution in [2.45, 2.75) is 33.4 Å². The molecule has 0 radical (unpaired) electrons. The molecule has 4 heteroatoms. The Balaban J connectivity index is 1.31. The Kier molecular flexibility index (Phi) is 7.23. The number of nitrogens with zero attached hydrogens (tertiary/aromatic N) is 2. The fourth-order valence-corrected chi connectivity index (χ4v) is 4.10. The predicted octanol–water partition coefficient (Wildman–Crippen LogP) is 5.09. The van der Waals surface area contributed by atoms with Crippen LogP contribution < -0.4 is 4.74 Å². The Morgan fingerprint density at radius 3 is 2.34 bits per heavy atom. The number of piperazine rings is 1. The zero-order chi connectivity index (χ0) is 22.3. The third-order valence-electron chi connectivity index (χ3n) is 6.23. The van der Waals surface area contributed by atoms with Crippen molar-refractivity contribution in [1.29, 1.82) is 0 Å². The van der Waals surface area contributed by atoms with E-state index in [1.807, 2.05) is 41.3 Å². The van der Waals surface area contributed by atoms with Crippen molar-refractivity contribution in [3.8, 4) is 5.75 Å². The molecule has 32 heavy (non-hydrogen) atoms. The zero-order valence-electron chi connectivity index (χ0n) is 19.1. The Morgan fingerprint density at radius 2 is 1.62 bits per heavy atom. The van der Waals surface area contributed by atoms with Crippen LogP contribution in [0, 0.1) is 6.92 Å². The number of rotatable bonds is 7. The molecule has 3 aromatic rings. The molecule has 0 N–H and O–H groups in total. The Hall–Kier alpha value is -3.11. The summed E-state index contributed by atoms with van der Waals surface area (Å²) in [6, 6.07) is 24.5. The summed E-state index contributed by atoms with van der Waals surface area (Å²) in [5, 5.41) is 0. The van der Waals surface area contributed by atoms with Crippen LogP contribution in [0.25, 0.3) is 0 Å². The molecule has 0 aliphatic carbocycles. The van der Waals surface area contributed by atoms with Gasteiger partial charge in [0.25, 0.3) is 5.91 Å². The van der Waals surface area contributed by atoms with Gasteiger partial charge in [-0.3, -0.25) is 9.69 Å². The molecule has 0 bridgehead atoms. The SMILES string of the molecule is CCc1ccc(OCc2cccc(C(=O)N3CCN(Cc4ccccc4C)CC3)c2)cc1. The molecule has 1 aliphatic heterocycles. The Bertz CT molecular complexity index is 1040. The first-order valence-corrected chi connectivity index (χ1v) is 11.5. The molecule has 0 saturated carbocycles. The van der Waals surface area contributed by atoms with Crippen molar-refractivity contribution in [1.82, 2.24) is 9.80 Å². The molecule has 1 amide bonds. The first-order chi connectivity index (χ1) is 15.6. The lowest BCUT2D eigenvalue weighted by molar-refractivity contribution is 0.0628. The van der Waals surface area contributed by atoms with E-state index in [0.29, 0.717) is 6.61 Å². The van der Waals surface area contributed by atoms with Crippen LogP contribution in [0.2, 0.25) is 0 Å². The highest BCUT2D eigenvalue weighted by Gasteiger charge is 2.22. The highest BCUT2D eigenvalue weighted by atomic mass is 16.5. The van der Waals surface area contributed by atoms with Gasteiger partial charge in [-0.2, -0.15) is 0 Å². The van der Waals surface area contributed by atoms with E-state index in [1.54, 1.807) is 0 Å². The zero-order valence-corrected chi connectivity index (χ0v) is 19.1. The summed E-state index contributed by atoms with van der Waals surface area (Å²) in [4.78, 5) is 17.5. The van der Waals surface area contributed by atoms with Gasteiger partial charge in [0.1, 0.15) is 12.4 Å². The van der Waals surface area contributed by atoms with Crippen LogP contribution in [0.15, 0.2) is 72.8 Å². The molecule has 0 atom stereocenters. The van der Waals surface area contributed by atoms with Gasteiger partial charge in [-0.15, -0.1) is 0 Å². The van der Waals surface area contributed by atoms with Crippen molar-refractivity contribution in [2.75, 3.05) is 26.2 Å². The van der Waals surface area contributed by atoms with E-state index in [0.717, 1.165) is 56.0 Å². The molecule has 0 unspecified atom stereocenters. The standard InChI is InChI=1S/C28H32N2O2/c1-3-23-11-13-27(14-12-23)32-21-24-8-6-10-25(19-24)28(31)30-17-15-29(16-18-30)20-26-9-5-4-7-22(26)2/h4-14,19H,3,15-18,20-21H2,1-2H3. The maximum absolute atomic E-state index is 13.1. The largest absolute Gasteiger partial charge is 0.489 e. The molecule has 1 aliphatic rings. The fraction of sp³-hybridized carbons (Fsp3) is 0.321. The summed E-state index contributed by atoms with van der Waals surface area (Å²) < 4.78 is 5.92. The van der Waals surface area contributed by atoms with Crippen molar-refractivity contribution in [2.24, 2.45) is 0 Å². The third-order valence-corrected chi connectivity index (χ3v) is 6.23. The molecular weight excluding hydrogens is 396 g/mol. The highest BCUT2D eigenvalue weighted by Crippen LogP contribution is 2.17. The number of aryl methyl sites for hydroxylation is 2. The number of hydrogen-bond acceptors (Lipinski definition) is 3. The van der Waals surface area contributed by atoms with Crippen LogP contribution in [0.1, 0.15) is 39.5 Å². The van der Waals surface area contributed by atoms with Crippen LogP contribution in [-0.4, -0.2) is 41.9 Å². The molecule has 0 spiro atoms. The van der Waals surface area contributed by atoms with E-state index in [-0.39, 0.29) is 5.91 Å². The summed E-state index contributed by atoms with van der Waals surface area (Å²) in [5.74, 6) is 0.957. The van der Waals surface area contributed by atoms with Crippen LogP contribution in [0.5, 0.6) is 5.75 Å². The van der Waals surface area contributed by atoms with Gasteiger partial charge >= 0.3 is 0 Å². The van der Waals surface area contributed by atoms with Crippen molar-refractivity contribution < 1.29 is 9.53 Å². The average Bonchev–Trinajstić information content (AvgIpc) is 2.85. The van der Waals surface area contributed by atoms with Gasteiger partial charge < -0.3 is 9.64 Å². The van der Waals surface area contributed by atoms with Gasteiger partial charge in [-0.1, -0.05) is 55.5 Å². The van der Waals surface area contributed by atoms with Crippen LogP contribution >= 0.6 is 0 Å². The van der Waals surface area contributed by atoms with E-state index >= 15 is 0 Å². The second-order valence-electron chi connectivity index (χ2n) is 8.48. The van der Waals surface area contributed by atoms with Crippen molar-refractivity contribution in [3.05, 3.63) is 101 Å². The topological polar surface area (TPSA) is 32.8 Å². The van der Waals surface area contributed by atoms with Crippen LogP contribution in [0.4, 0.5) is 0 Å². The second kappa shape index (κ2) is 10.5. The van der Waals surface area contributed by atoms with Gasteiger partial charge in [0.05, 0.1) is 0 Å². The minimum absolute atomic E-state index is 0.106. The van der Waals surface area contributed by atoms with Gasteiger partial charge in [0.2, 0.25) is 0 Å². The molecule has 4 rings (SSSR count). The van der Waals surface area contributed by atoms with Crippen molar-refractivity contribution in [3.63, 3.8) is 0 Å². The van der Waals surface area contributed by atoms with Gasteiger partial charge in [-0.05, 0) is 59.9 Å². The normalized spacial score (nSPS) is 14.4. The fourth-order valence-electron chi connectivity index (χ4n) is 4.10. The Morgan fingerprint density at radius 1 is 0.875 bits per heavy atom. The molecule has 3 aromatic carbocycles. The number of amides is 1. The summed E-state index contributed by atoms with van der Waals surface area (Å²) in [6.45, 7) is 9.02. The first kappa shape index (κ1) is 22.1. The van der Waals surface area contributed by atoms with Gasteiger partial charge in [-0.25, -0.2) is 0 Å². The van der Waals surface area contributed by atoms with Gasteiger partial charge in [0, 0.05) is 38.3 Å². The average molecular weight is 429 g/mol.